The molecule has 1 saturated carbocycles. The molecule has 3 atom stereocenters. The van der Waals surface area contributed by atoms with E-state index in [0.717, 1.165) is 44.1 Å². The lowest BCUT2D eigenvalue weighted by atomic mass is 9.83. The highest BCUT2D eigenvalue weighted by molar-refractivity contribution is 6.30. The first-order chi connectivity index (χ1) is 18.9. The zero-order valence-corrected chi connectivity index (χ0v) is 23.3. The predicted molar refractivity (Wildman–Crippen MR) is 147 cm³/mol. The van der Waals surface area contributed by atoms with Gasteiger partial charge < -0.3 is 30.5 Å². The van der Waals surface area contributed by atoms with Crippen LogP contribution >= 0.6 is 11.6 Å². The van der Waals surface area contributed by atoms with Crippen LogP contribution in [0, 0.1) is 11.8 Å². The predicted octanol–water partition coefficient (Wildman–Crippen LogP) is 3.50. The number of carbonyl (C=O) groups excluding carboxylic acids is 3. The van der Waals surface area contributed by atoms with Crippen LogP contribution in [0.4, 0.5) is 4.79 Å². The minimum Gasteiger partial charge on any atom is -0.449 e. The fraction of sp³-hybridized carbons (Fsp3) is 0.690. The summed E-state index contributed by atoms with van der Waals surface area (Å²) < 4.78 is 10.8. The molecule has 9 nitrogen and oxygen atoms in total. The van der Waals surface area contributed by atoms with E-state index >= 15 is 0 Å². The van der Waals surface area contributed by atoms with Crippen LogP contribution in [0.3, 0.4) is 0 Å². The number of ether oxygens (including phenoxy) is 2. The number of hydrogen-bond donors (Lipinski definition) is 4. The van der Waals surface area contributed by atoms with E-state index in [9.17, 15) is 19.5 Å². The van der Waals surface area contributed by atoms with Gasteiger partial charge in [-0.3, -0.25) is 9.59 Å². The highest BCUT2D eigenvalue weighted by atomic mass is 35.5. The van der Waals surface area contributed by atoms with Crippen LogP contribution in [0.2, 0.25) is 5.02 Å². The van der Waals surface area contributed by atoms with E-state index in [4.69, 9.17) is 21.1 Å². The van der Waals surface area contributed by atoms with Gasteiger partial charge in [-0.15, -0.1) is 0 Å². The van der Waals surface area contributed by atoms with Crippen molar-refractivity contribution in [3.63, 3.8) is 0 Å². The summed E-state index contributed by atoms with van der Waals surface area (Å²) in [6.45, 7) is 1.14. The van der Waals surface area contributed by atoms with E-state index in [1.54, 1.807) is 12.1 Å². The first-order valence-electron chi connectivity index (χ1n) is 14.3. The van der Waals surface area contributed by atoms with Gasteiger partial charge in [-0.2, -0.15) is 0 Å². The molecule has 0 aromatic heterocycles. The van der Waals surface area contributed by atoms with Gasteiger partial charge in [0.25, 0.3) is 0 Å². The average molecular weight is 564 g/mol. The van der Waals surface area contributed by atoms with Gasteiger partial charge in [0.2, 0.25) is 11.8 Å². The Morgan fingerprint density at radius 2 is 1.82 bits per heavy atom. The molecule has 2 heterocycles. The smallest absolute Gasteiger partial charge is 0.407 e. The third-order valence-corrected chi connectivity index (χ3v) is 8.67. The van der Waals surface area contributed by atoms with Gasteiger partial charge >= 0.3 is 6.09 Å². The van der Waals surface area contributed by atoms with Crippen molar-refractivity contribution in [2.24, 2.45) is 11.8 Å². The Labute approximate surface area is 235 Å². The van der Waals surface area contributed by atoms with E-state index in [1.165, 1.54) is 6.42 Å². The number of rotatable bonds is 11. The zero-order chi connectivity index (χ0) is 27.7. The number of halogens is 1. The molecule has 2 aliphatic heterocycles. The minimum atomic E-state index is -0.774. The zero-order valence-electron chi connectivity index (χ0n) is 22.6. The first kappa shape index (κ1) is 29.6. The molecule has 0 radical (unpaired) electrons. The SMILES string of the molecule is O=C(N[C@@H](CC1CCCCC1)C(=O)NC(CO)CC1CC2(CCOCC2)NC1=O)OCCc1ccc(Cl)cc1. The van der Waals surface area contributed by atoms with Crippen molar-refractivity contribution in [3.8, 4) is 0 Å². The maximum atomic E-state index is 13.4. The van der Waals surface area contributed by atoms with Crippen LogP contribution in [0.25, 0.3) is 0 Å². The summed E-state index contributed by atoms with van der Waals surface area (Å²) in [6.07, 6.45) is 8.46. The Kier molecular flexibility index (Phi) is 10.9. The summed E-state index contributed by atoms with van der Waals surface area (Å²) in [4.78, 5) is 38.7. The Balaban J connectivity index is 1.31. The molecule has 39 heavy (non-hydrogen) atoms. The summed E-state index contributed by atoms with van der Waals surface area (Å²) in [6, 6.07) is 5.98. The molecule has 1 aromatic carbocycles. The van der Waals surface area contributed by atoms with E-state index in [1.807, 2.05) is 12.1 Å². The molecular formula is C29H42ClN3O6. The molecule has 3 aliphatic rings. The standard InChI is InChI=1S/C29H42ClN3O6/c30-23-8-6-20(7-9-23)10-13-39-28(37)32-25(16-21-4-2-1-3-5-21)27(36)31-24(19-34)17-22-18-29(33-26(22)35)11-14-38-15-12-29/h6-9,21-22,24-25,34H,1-5,10-19H2,(H,31,36)(H,32,37)(H,33,35)/t22?,24?,25-/m0/s1. The normalized spacial score (nSPS) is 22.6. The van der Waals surface area contributed by atoms with Crippen molar-refractivity contribution in [1.82, 2.24) is 16.0 Å². The second-order valence-electron chi connectivity index (χ2n) is 11.4. The number of aliphatic hydroxyl groups excluding tert-OH is 1. The maximum absolute atomic E-state index is 13.4. The second-order valence-corrected chi connectivity index (χ2v) is 11.8. The van der Waals surface area contributed by atoms with E-state index in [-0.39, 0.29) is 36.5 Å². The molecule has 3 fully saturated rings. The number of aliphatic hydroxyl groups is 1. The largest absolute Gasteiger partial charge is 0.449 e. The molecule has 1 spiro atoms. The molecule has 216 valence electrons. The summed E-state index contributed by atoms with van der Waals surface area (Å²) in [5.74, 6) is -0.340. The topological polar surface area (TPSA) is 126 Å². The number of amides is 3. The molecule has 2 unspecified atom stereocenters. The number of alkyl carbamates (subject to hydrolysis) is 1. The lowest BCUT2D eigenvalue weighted by Crippen LogP contribution is -2.52. The first-order valence-corrected chi connectivity index (χ1v) is 14.7. The van der Waals surface area contributed by atoms with Crippen molar-refractivity contribution in [3.05, 3.63) is 34.9 Å². The van der Waals surface area contributed by atoms with Gasteiger partial charge in [-0.25, -0.2) is 4.79 Å². The van der Waals surface area contributed by atoms with Gasteiger partial charge in [0.05, 0.1) is 19.3 Å². The maximum Gasteiger partial charge on any atom is 0.407 e. The monoisotopic (exact) mass is 563 g/mol. The molecular weight excluding hydrogens is 522 g/mol. The van der Waals surface area contributed by atoms with Gasteiger partial charge in [0, 0.05) is 36.1 Å². The quantitative estimate of drug-likeness (QED) is 0.326. The lowest BCUT2D eigenvalue weighted by molar-refractivity contribution is -0.126. The molecule has 1 aromatic rings. The summed E-state index contributed by atoms with van der Waals surface area (Å²) in [5.41, 5.74) is 0.748. The van der Waals surface area contributed by atoms with Crippen molar-refractivity contribution < 1.29 is 29.0 Å². The third-order valence-electron chi connectivity index (χ3n) is 8.42. The third kappa shape index (κ3) is 8.82. The minimum absolute atomic E-state index is 0.0363. The van der Waals surface area contributed by atoms with E-state index in [0.29, 0.717) is 49.8 Å². The molecule has 0 bridgehead atoms. The van der Waals surface area contributed by atoms with Crippen LogP contribution in [-0.4, -0.2) is 67.1 Å². The van der Waals surface area contributed by atoms with Gasteiger partial charge in [0.15, 0.2) is 0 Å². The Morgan fingerprint density at radius 1 is 1.10 bits per heavy atom. The van der Waals surface area contributed by atoms with Crippen molar-refractivity contribution in [2.45, 2.75) is 88.3 Å². The van der Waals surface area contributed by atoms with Crippen LogP contribution in [0.1, 0.15) is 69.8 Å². The highest BCUT2D eigenvalue weighted by Crippen LogP contribution is 2.35. The number of carbonyl (C=O) groups is 3. The second kappa shape index (κ2) is 14.3. The highest BCUT2D eigenvalue weighted by Gasteiger charge is 2.45. The Hall–Kier alpha value is -2.36. The van der Waals surface area contributed by atoms with Crippen molar-refractivity contribution in [2.75, 3.05) is 26.4 Å². The van der Waals surface area contributed by atoms with Crippen LogP contribution in [0.15, 0.2) is 24.3 Å². The van der Waals surface area contributed by atoms with E-state index < -0.39 is 18.2 Å². The van der Waals surface area contributed by atoms with Crippen molar-refractivity contribution in [1.29, 1.82) is 0 Å². The van der Waals surface area contributed by atoms with Gasteiger partial charge in [-0.05, 0) is 55.7 Å². The molecule has 10 heteroatoms. The molecule has 4 rings (SSSR count). The Bertz CT molecular complexity index is 962. The molecule has 1 aliphatic carbocycles. The molecule has 2 saturated heterocycles. The molecule has 4 N–H and O–H groups in total. The molecule has 3 amide bonds. The summed E-state index contributed by atoms with van der Waals surface area (Å²) in [5, 5.41) is 19.5. The van der Waals surface area contributed by atoms with Crippen molar-refractivity contribution >= 4 is 29.5 Å². The van der Waals surface area contributed by atoms with Gasteiger partial charge in [-0.1, -0.05) is 55.8 Å². The number of hydrogen-bond acceptors (Lipinski definition) is 6. The van der Waals surface area contributed by atoms with Crippen LogP contribution < -0.4 is 16.0 Å². The Morgan fingerprint density at radius 3 is 2.51 bits per heavy atom. The lowest BCUT2D eigenvalue weighted by Gasteiger charge is -2.33. The van der Waals surface area contributed by atoms with Crippen LogP contribution in [-0.2, 0) is 25.5 Å². The average Bonchev–Trinajstić information content (AvgIpc) is 3.23. The van der Waals surface area contributed by atoms with Crippen LogP contribution in [0.5, 0.6) is 0 Å². The number of nitrogens with one attached hydrogen (secondary N) is 3. The summed E-state index contributed by atoms with van der Waals surface area (Å²) in [7, 11) is 0. The van der Waals surface area contributed by atoms with Gasteiger partial charge in [0.1, 0.15) is 6.04 Å². The fourth-order valence-corrected chi connectivity index (χ4v) is 6.30. The number of benzene rings is 1. The fourth-order valence-electron chi connectivity index (χ4n) is 6.17. The summed E-state index contributed by atoms with van der Waals surface area (Å²) >= 11 is 5.92. The van der Waals surface area contributed by atoms with E-state index in [2.05, 4.69) is 16.0 Å².